The van der Waals surface area contributed by atoms with E-state index >= 15 is 0 Å². The van der Waals surface area contributed by atoms with E-state index in [0.717, 1.165) is 32.1 Å². The molecule has 3 nitrogen and oxygen atoms in total. The van der Waals surface area contributed by atoms with Gasteiger partial charge >= 0.3 is 5.97 Å². The van der Waals surface area contributed by atoms with E-state index in [2.05, 4.69) is 19.2 Å². The van der Waals surface area contributed by atoms with Crippen molar-refractivity contribution in [2.24, 2.45) is 11.8 Å². The molecule has 2 rings (SSSR count). The van der Waals surface area contributed by atoms with E-state index in [9.17, 15) is 9.90 Å². The molecule has 0 aromatic heterocycles. The van der Waals surface area contributed by atoms with Crippen molar-refractivity contribution < 1.29 is 9.90 Å². The summed E-state index contributed by atoms with van der Waals surface area (Å²) in [6.07, 6.45) is 10.0. The van der Waals surface area contributed by atoms with Crippen LogP contribution in [0.4, 0.5) is 0 Å². The van der Waals surface area contributed by atoms with E-state index in [1.54, 1.807) is 0 Å². The molecule has 0 heterocycles. The van der Waals surface area contributed by atoms with Crippen LogP contribution >= 0.6 is 0 Å². The smallest absolute Gasteiger partial charge is 0.323 e. The first kappa shape index (κ1) is 14.8. The highest BCUT2D eigenvalue weighted by molar-refractivity contribution is 5.79. The van der Waals surface area contributed by atoms with Crippen LogP contribution in [0.1, 0.15) is 71.6 Å². The molecule has 19 heavy (non-hydrogen) atoms. The Morgan fingerprint density at radius 2 is 1.68 bits per heavy atom. The van der Waals surface area contributed by atoms with Gasteiger partial charge in [-0.2, -0.15) is 0 Å². The standard InChI is InChI=1S/C16H29NO2/c1-12-9-10-16(15(18)19,11-13(12)2)17-14-7-5-3-4-6-8-14/h12-14,17H,3-11H2,1-2H3,(H,18,19). The summed E-state index contributed by atoms with van der Waals surface area (Å²) in [7, 11) is 0. The molecule has 110 valence electrons. The summed E-state index contributed by atoms with van der Waals surface area (Å²) in [6.45, 7) is 4.46. The SMILES string of the molecule is CC1CCC(NC2CCCCCC2)(C(=O)O)CC1C. The van der Waals surface area contributed by atoms with Crippen LogP contribution in [0, 0.1) is 11.8 Å². The Hall–Kier alpha value is -0.570. The summed E-state index contributed by atoms with van der Waals surface area (Å²) in [5, 5.41) is 13.3. The molecule has 2 fully saturated rings. The highest BCUT2D eigenvalue weighted by atomic mass is 16.4. The van der Waals surface area contributed by atoms with E-state index in [4.69, 9.17) is 0 Å². The van der Waals surface area contributed by atoms with Crippen molar-refractivity contribution in [2.45, 2.75) is 83.2 Å². The maximum atomic E-state index is 11.8. The van der Waals surface area contributed by atoms with Crippen molar-refractivity contribution in [3.05, 3.63) is 0 Å². The van der Waals surface area contributed by atoms with Crippen LogP contribution in [-0.4, -0.2) is 22.7 Å². The average Bonchev–Trinajstić information content (AvgIpc) is 2.62. The minimum Gasteiger partial charge on any atom is -0.480 e. The lowest BCUT2D eigenvalue weighted by Crippen LogP contribution is -2.58. The third-order valence-electron chi connectivity index (χ3n) is 5.41. The predicted molar refractivity (Wildman–Crippen MR) is 77.2 cm³/mol. The lowest BCUT2D eigenvalue weighted by molar-refractivity contribution is -0.148. The number of aliphatic carboxylic acids is 1. The zero-order chi connectivity index (χ0) is 13.9. The molecule has 0 bridgehead atoms. The third kappa shape index (κ3) is 3.50. The van der Waals surface area contributed by atoms with Crippen molar-refractivity contribution in [1.82, 2.24) is 5.32 Å². The molecule has 0 amide bonds. The number of carboxylic acids is 1. The van der Waals surface area contributed by atoms with Gasteiger partial charge in [-0.1, -0.05) is 39.5 Å². The monoisotopic (exact) mass is 267 g/mol. The summed E-state index contributed by atoms with van der Waals surface area (Å²) < 4.78 is 0. The first-order chi connectivity index (χ1) is 9.03. The largest absolute Gasteiger partial charge is 0.480 e. The minimum atomic E-state index is -0.652. The zero-order valence-corrected chi connectivity index (χ0v) is 12.5. The topological polar surface area (TPSA) is 49.3 Å². The molecule has 3 heteroatoms. The molecule has 2 N–H and O–H groups in total. The Labute approximate surface area is 117 Å². The molecule has 2 aliphatic carbocycles. The van der Waals surface area contributed by atoms with E-state index < -0.39 is 11.5 Å². The summed E-state index contributed by atoms with van der Waals surface area (Å²) in [4.78, 5) is 11.8. The minimum absolute atomic E-state index is 0.416. The molecule has 2 saturated carbocycles. The number of rotatable bonds is 3. The third-order valence-corrected chi connectivity index (χ3v) is 5.41. The Bertz CT molecular complexity index is 310. The van der Waals surface area contributed by atoms with E-state index in [0.29, 0.717) is 17.9 Å². The van der Waals surface area contributed by atoms with E-state index in [1.165, 1.54) is 25.7 Å². The number of carboxylic acid groups (broad SMARTS) is 1. The normalized spacial score (nSPS) is 37.8. The van der Waals surface area contributed by atoms with Gasteiger partial charge in [-0.05, 0) is 43.9 Å². The molecule has 0 saturated heterocycles. The summed E-state index contributed by atoms with van der Waals surface area (Å²) in [5.74, 6) is 0.530. The van der Waals surface area contributed by atoms with Gasteiger partial charge in [0.15, 0.2) is 0 Å². The van der Waals surface area contributed by atoms with Crippen molar-refractivity contribution in [3.63, 3.8) is 0 Å². The Balaban J connectivity index is 2.04. The highest BCUT2D eigenvalue weighted by Crippen LogP contribution is 2.37. The van der Waals surface area contributed by atoms with Crippen LogP contribution in [0.5, 0.6) is 0 Å². The molecule has 0 aromatic carbocycles. The summed E-state index contributed by atoms with van der Waals surface area (Å²) in [5.41, 5.74) is -0.652. The van der Waals surface area contributed by atoms with Crippen LogP contribution in [0.3, 0.4) is 0 Å². The highest BCUT2D eigenvalue weighted by Gasteiger charge is 2.44. The van der Waals surface area contributed by atoms with Gasteiger partial charge < -0.3 is 5.11 Å². The van der Waals surface area contributed by atoms with E-state index in [1.807, 2.05) is 0 Å². The second-order valence-corrected chi connectivity index (χ2v) is 6.92. The van der Waals surface area contributed by atoms with Gasteiger partial charge in [-0.15, -0.1) is 0 Å². The van der Waals surface area contributed by atoms with Gasteiger partial charge in [0.2, 0.25) is 0 Å². The molecular weight excluding hydrogens is 238 g/mol. The van der Waals surface area contributed by atoms with Crippen LogP contribution in [-0.2, 0) is 4.79 Å². The second-order valence-electron chi connectivity index (χ2n) is 6.92. The first-order valence-corrected chi connectivity index (χ1v) is 8.04. The van der Waals surface area contributed by atoms with Gasteiger partial charge in [0.1, 0.15) is 5.54 Å². The lowest BCUT2D eigenvalue weighted by atomic mass is 9.71. The van der Waals surface area contributed by atoms with E-state index in [-0.39, 0.29) is 0 Å². The fraction of sp³-hybridized carbons (Fsp3) is 0.938. The Morgan fingerprint density at radius 1 is 1.05 bits per heavy atom. The van der Waals surface area contributed by atoms with Crippen molar-refractivity contribution in [1.29, 1.82) is 0 Å². The van der Waals surface area contributed by atoms with Crippen LogP contribution in [0.25, 0.3) is 0 Å². The number of hydrogen-bond donors (Lipinski definition) is 2. The molecule has 0 aliphatic heterocycles. The van der Waals surface area contributed by atoms with Crippen molar-refractivity contribution >= 4 is 5.97 Å². The van der Waals surface area contributed by atoms with Crippen molar-refractivity contribution in [3.8, 4) is 0 Å². The van der Waals surface area contributed by atoms with Crippen LogP contribution < -0.4 is 5.32 Å². The molecular formula is C16H29NO2. The summed E-state index contributed by atoms with van der Waals surface area (Å²) >= 11 is 0. The molecule has 0 spiro atoms. The number of hydrogen-bond acceptors (Lipinski definition) is 2. The quantitative estimate of drug-likeness (QED) is 0.768. The average molecular weight is 267 g/mol. The van der Waals surface area contributed by atoms with Gasteiger partial charge in [-0.3, -0.25) is 10.1 Å². The first-order valence-electron chi connectivity index (χ1n) is 8.04. The molecule has 3 unspecified atom stereocenters. The molecule has 3 atom stereocenters. The van der Waals surface area contributed by atoms with Crippen LogP contribution in [0.15, 0.2) is 0 Å². The van der Waals surface area contributed by atoms with Crippen molar-refractivity contribution in [2.75, 3.05) is 0 Å². The Kier molecular flexibility index (Phi) is 4.88. The maximum absolute atomic E-state index is 11.8. The molecule has 0 aromatic rings. The molecule has 0 radical (unpaired) electrons. The van der Waals surface area contributed by atoms with Gasteiger partial charge in [0, 0.05) is 6.04 Å². The Morgan fingerprint density at radius 3 is 2.21 bits per heavy atom. The maximum Gasteiger partial charge on any atom is 0.323 e. The fourth-order valence-corrected chi connectivity index (χ4v) is 3.81. The zero-order valence-electron chi connectivity index (χ0n) is 12.5. The number of carbonyl (C=O) groups is 1. The number of nitrogens with one attached hydrogen (secondary N) is 1. The lowest BCUT2D eigenvalue weighted by Gasteiger charge is -2.42. The fourth-order valence-electron chi connectivity index (χ4n) is 3.81. The second kappa shape index (κ2) is 6.25. The van der Waals surface area contributed by atoms with Crippen LogP contribution in [0.2, 0.25) is 0 Å². The predicted octanol–water partition coefficient (Wildman–Crippen LogP) is 3.58. The van der Waals surface area contributed by atoms with Gasteiger partial charge in [0.05, 0.1) is 0 Å². The molecule has 2 aliphatic rings. The van der Waals surface area contributed by atoms with Gasteiger partial charge in [0.25, 0.3) is 0 Å². The van der Waals surface area contributed by atoms with Gasteiger partial charge in [-0.25, -0.2) is 0 Å². The summed E-state index contributed by atoms with van der Waals surface area (Å²) in [6, 6.07) is 0.416.